The molecule has 2 saturated carbocycles. The molecule has 0 heterocycles. The summed E-state index contributed by atoms with van der Waals surface area (Å²) in [7, 11) is 2.58. The molecule has 5 rings (SSSR count). The summed E-state index contributed by atoms with van der Waals surface area (Å²) in [4.78, 5) is 25.3. The number of carbonyl (C=O) groups is 2. The SMILES string of the molecule is COC(=O)c1cc(O)c2c(c1C(=O)OC)C[C@H]1[C@H]3CC=C4C[C@@H](O)CC[C@]4(C)[C@H]3CC[C@@]21C. The van der Waals surface area contributed by atoms with Gasteiger partial charge in [0.1, 0.15) is 5.75 Å². The van der Waals surface area contributed by atoms with Gasteiger partial charge in [0, 0.05) is 5.56 Å². The van der Waals surface area contributed by atoms with Crippen molar-refractivity contribution in [1.82, 2.24) is 0 Å². The molecule has 6 atom stereocenters. The maximum atomic E-state index is 12.8. The van der Waals surface area contributed by atoms with Crippen LogP contribution in [0.4, 0.5) is 0 Å². The number of phenolic OH excluding ortho intramolecular Hbond substituents is 1. The number of methoxy groups -OCH3 is 2. The second-order valence-electron chi connectivity index (χ2n) is 11.0. The van der Waals surface area contributed by atoms with Gasteiger partial charge in [0.15, 0.2) is 0 Å². The fraction of sp³-hybridized carbons (Fsp3) is 0.630. The topological polar surface area (TPSA) is 93.1 Å². The smallest absolute Gasteiger partial charge is 0.339 e. The zero-order valence-electron chi connectivity index (χ0n) is 19.9. The van der Waals surface area contributed by atoms with Crippen molar-refractivity contribution in [2.24, 2.45) is 23.2 Å². The number of hydrogen-bond acceptors (Lipinski definition) is 6. The largest absolute Gasteiger partial charge is 0.508 e. The van der Waals surface area contributed by atoms with Crippen molar-refractivity contribution in [2.75, 3.05) is 14.2 Å². The number of hydrogen-bond donors (Lipinski definition) is 2. The molecule has 6 nitrogen and oxygen atoms in total. The third-order valence-electron chi connectivity index (χ3n) is 9.67. The molecule has 2 fully saturated rings. The van der Waals surface area contributed by atoms with Gasteiger partial charge in [-0.2, -0.15) is 0 Å². The molecule has 33 heavy (non-hydrogen) atoms. The minimum atomic E-state index is -0.648. The first kappa shape index (κ1) is 22.5. The monoisotopic (exact) mass is 454 g/mol. The number of rotatable bonds is 2. The van der Waals surface area contributed by atoms with Crippen LogP contribution in [-0.2, 0) is 21.3 Å². The van der Waals surface area contributed by atoms with Crippen LogP contribution in [0.5, 0.6) is 5.75 Å². The predicted molar refractivity (Wildman–Crippen MR) is 122 cm³/mol. The minimum Gasteiger partial charge on any atom is -0.508 e. The number of benzene rings is 1. The van der Waals surface area contributed by atoms with Crippen LogP contribution in [-0.4, -0.2) is 42.5 Å². The molecule has 1 aromatic rings. The van der Waals surface area contributed by atoms with Crippen LogP contribution in [0, 0.1) is 23.2 Å². The Balaban J connectivity index is 1.62. The lowest BCUT2D eigenvalue weighted by Crippen LogP contribution is -2.51. The molecule has 4 aliphatic rings. The van der Waals surface area contributed by atoms with E-state index in [1.807, 2.05) is 0 Å². The number of aromatic hydroxyl groups is 1. The van der Waals surface area contributed by atoms with Gasteiger partial charge < -0.3 is 19.7 Å². The fourth-order valence-electron chi connectivity index (χ4n) is 8.04. The van der Waals surface area contributed by atoms with Crippen molar-refractivity contribution in [2.45, 2.75) is 70.3 Å². The van der Waals surface area contributed by atoms with Crippen LogP contribution < -0.4 is 0 Å². The minimum absolute atomic E-state index is 0.0680. The van der Waals surface area contributed by atoms with Crippen LogP contribution in [0.25, 0.3) is 0 Å². The number of allylic oxidation sites excluding steroid dienone is 1. The van der Waals surface area contributed by atoms with E-state index < -0.39 is 11.9 Å². The second kappa shape index (κ2) is 7.59. The molecule has 2 N–H and O–H groups in total. The Labute approximate surface area is 195 Å². The zero-order valence-corrected chi connectivity index (χ0v) is 19.9. The van der Waals surface area contributed by atoms with E-state index >= 15 is 0 Å². The van der Waals surface area contributed by atoms with Gasteiger partial charge in [0.25, 0.3) is 0 Å². The van der Waals surface area contributed by atoms with Gasteiger partial charge in [0.2, 0.25) is 0 Å². The maximum Gasteiger partial charge on any atom is 0.339 e. The van der Waals surface area contributed by atoms with Gasteiger partial charge >= 0.3 is 11.9 Å². The third-order valence-corrected chi connectivity index (χ3v) is 9.67. The normalized spacial score (nSPS) is 36.6. The van der Waals surface area contributed by atoms with E-state index in [4.69, 9.17) is 9.47 Å². The summed E-state index contributed by atoms with van der Waals surface area (Å²) >= 11 is 0. The molecule has 0 radical (unpaired) electrons. The summed E-state index contributed by atoms with van der Waals surface area (Å²) in [5.74, 6) is 0.0534. The first-order chi connectivity index (χ1) is 15.7. The highest BCUT2D eigenvalue weighted by Crippen LogP contribution is 2.65. The highest BCUT2D eigenvalue weighted by atomic mass is 16.5. The Morgan fingerprint density at radius 2 is 1.70 bits per heavy atom. The number of aliphatic hydroxyl groups excluding tert-OH is 1. The maximum absolute atomic E-state index is 12.8. The van der Waals surface area contributed by atoms with Crippen molar-refractivity contribution in [3.8, 4) is 5.75 Å². The zero-order chi connectivity index (χ0) is 23.7. The van der Waals surface area contributed by atoms with E-state index in [0.717, 1.165) is 49.7 Å². The molecule has 178 valence electrons. The fourth-order valence-corrected chi connectivity index (χ4v) is 8.04. The molecule has 4 aliphatic carbocycles. The van der Waals surface area contributed by atoms with E-state index in [9.17, 15) is 19.8 Å². The standard InChI is InChI=1S/C27H34O6/c1-26-9-7-15(28)11-14(26)5-6-16-19(26)8-10-27(2)20(16)12-17-22(25(31)33-4)18(24(30)32-3)13-21(29)23(17)27/h5,13,15-16,19-20,28-29H,6-12H2,1-4H3/t15-,16-,19-,20-,26-,27+/m0/s1. The molecule has 0 amide bonds. The molecule has 0 unspecified atom stereocenters. The molecular weight excluding hydrogens is 420 g/mol. The molecular formula is C27H34O6. The summed E-state index contributed by atoms with van der Waals surface area (Å²) in [6, 6.07) is 1.39. The molecule has 1 aromatic carbocycles. The van der Waals surface area contributed by atoms with Crippen molar-refractivity contribution < 1.29 is 29.3 Å². The Bertz CT molecular complexity index is 1060. The quantitative estimate of drug-likeness (QED) is 0.511. The molecule has 0 aliphatic heterocycles. The number of phenols is 1. The van der Waals surface area contributed by atoms with E-state index in [2.05, 4.69) is 19.9 Å². The van der Waals surface area contributed by atoms with Crippen LogP contribution in [0.1, 0.15) is 84.2 Å². The van der Waals surface area contributed by atoms with Gasteiger partial charge in [-0.1, -0.05) is 25.5 Å². The number of fused-ring (bicyclic) bond motifs is 7. The first-order valence-corrected chi connectivity index (χ1v) is 12.1. The summed E-state index contributed by atoms with van der Waals surface area (Å²) in [5, 5.41) is 21.3. The Morgan fingerprint density at radius 3 is 2.39 bits per heavy atom. The lowest BCUT2D eigenvalue weighted by molar-refractivity contribution is -0.0166. The molecule has 6 heteroatoms. The summed E-state index contributed by atoms with van der Waals surface area (Å²) < 4.78 is 9.98. The summed E-state index contributed by atoms with van der Waals surface area (Å²) in [6.45, 7) is 4.59. The number of aliphatic hydroxyl groups is 1. The van der Waals surface area contributed by atoms with Gasteiger partial charge in [0.05, 0.1) is 31.5 Å². The Morgan fingerprint density at radius 1 is 1.00 bits per heavy atom. The van der Waals surface area contributed by atoms with Crippen LogP contribution in [0.15, 0.2) is 17.7 Å². The van der Waals surface area contributed by atoms with Gasteiger partial charge in [-0.25, -0.2) is 9.59 Å². The van der Waals surface area contributed by atoms with Gasteiger partial charge in [-0.15, -0.1) is 0 Å². The summed E-state index contributed by atoms with van der Waals surface area (Å²) in [6.07, 6.45) is 8.30. The van der Waals surface area contributed by atoms with Crippen molar-refractivity contribution in [3.63, 3.8) is 0 Å². The number of carbonyl (C=O) groups excluding carboxylic acids is 2. The Kier molecular flexibility index (Phi) is 5.16. The van der Waals surface area contributed by atoms with E-state index in [-0.39, 0.29) is 39.7 Å². The first-order valence-electron chi connectivity index (χ1n) is 12.1. The molecule has 0 aromatic heterocycles. The van der Waals surface area contributed by atoms with Crippen molar-refractivity contribution in [1.29, 1.82) is 0 Å². The highest BCUT2D eigenvalue weighted by molar-refractivity contribution is 6.05. The number of esters is 2. The van der Waals surface area contributed by atoms with Gasteiger partial charge in [-0.05, 0) is 85.2 Å². The van der Waals surface area contributed by atoms with Crippen molar-refractivity contribution >= 4 is 11.9 Å². The van der Waals surface area contributed by atoms with Crippen LogP contribution in [0.3, 0.4) is 0 Å². The molecule has 0 spiro atoms. The molecule has 0 saturated heterocycles. The predicted octanol–water partition coefficient (Wildman–Crippen LogP) is 4.30. The average molecular weight is 455 g/mol. The lowest BCUT2D eigenvalue weighted by atomic mass is 9.47. The third kappa shape index (κ3) is 3.02. The van der Waals surface area contributed by atoms with Crippen LogP contribution in [0.2, 0.25) is 0 Å². The summed E-state index contributed by atoms with van der Waals surface area (Å²) in [5.41, 5.74) is 3.10. The highest BCUT2D eigenvalue weighted by Gasteiger charge is 2.58. The second-order valence-corrected chi connectivity index (χ2v) is 11.0. The van der Waals surface area contributed by atoms with E-state index in [0.29, 0.717) is 18.3 Å². The van der Waals surface area contributed by atoms with Gasteiger partial charge in [-0.3, -0.25) is 0 Å². The lowest BCUT2D eigenvalue weighted by Gasteiger charge is -2.57. The van der Waals surface area contributed by atoms with Crippen LogP contribution >= 0.6 is 0 Å². The number of ether oxygens (including phenoxy) is 2. The molecule has 0 bridgehead atoms. The van der Waals surface area contributed by atoms with E-state index in [1.165, 1.54) is 25.9 Å². The Hall–Kier alpha value is -2.34. The van der Waals surface area contributed by atoms with Crippen molar-refractivity contribution in [3.05, 3.63) is 40.0 Å². The van der Waals surface area contributed by atoms with E-state index in [1.54, 1.807) is 0 Å². The average Bonchev–Trinajstić information content (AvgIpc) is 3.12.